The molecule has 8 nitrogen and oxygen atoms in total. The van der Waals surface area contributed by atoms with Crippen LogP contribution in [0.3, 0.4) is 0 Å². The van der Waals surface area contributed by atoms with E-state index in [0.717, 1.165) is 77.0 Å². The minimum Gasteiger partial charge on any atom is -0.462 e. The monoisotopic (exact) mass is 742 g/mol. The van der Waals surface area contributed by atoms with Crippen LogP contribution in [-0.2, 0) is 32.7 Å². The van der Waals surface area contributed by atoms with Crippen molar-refractivity contribution in [3.63, 3.8) is 0 Å². The molecular formula is C43H67O8P. The third-order valence-corrected chi connectivity index (χ3v) is 8.17. The van der Waals surface area contributed by atoms with Crippen molar-refractivity contribution in [2.24, 2.45) is 0 Å². The highest BCUT2D eigenvalue weighted by Gasteiger charge is 2.25. The van der Waals surface area contributed by atoms with Gasteiger partial charge in [0.05, 0.1) is 19.6 Å². The predicted octanol–water partition coefficient (Wildman–Crippen LogP) is 11.9. The summed E-state index contributed by atoms with van der Waals surface area (Å²) in [4.78, 5) is 34.6. The second-order valence-electron chi connectivity index (χ2n) is 11.8. The summed E-state index contributed by atoms with van der Waals surface area (Å²) in [5.41, 5.74) is 0. The number of esters is 2. The maximum Gasteiger partial charge on any atom is 0.472 e. The lowest BCUT2D eigenvalue weighted by molar-refractivity contribution is -0.160. The number of phosphoric acid groups is 1. The second kappa shape index (κ2) is 37.5. The van der Waals surface area contributed by atoms with Gasteiger partial charge in [-0.25, -0.2) is 4.57 Å². The number of phosphoric ester groups is 1. The Morgan fingerprint density at radius 1 is 0.538 bits per heavy atom. The van der Waals surface area contributed by atoms with Gasteiger partial charge in [0.2, 0.25) is 0 Å². The lowest BCUT2D eigenvalue weighted by Crippen LogP contribution is -2.29. The Morgan fingerprint density at radius 3 is 1.46 bits per heavy atom. The molecule has 52 heavy (non-hydrogen) atoms. The Kier molecular flexibility index (Phi) is 35.1. The highest BCUT2D eigenvalue weighted by molar-refractivity contribution is 7.47. The van der Waals surface area contributed by atoms with Crippen molar-refractivity contribution in [1.82, 2.24) is 0 Å². The number of rotatable bonds is 33. The second-order valence-corrected chi connectivity index (χ2v) is 13.3. The molecule has 0 rings (SSSR count). The predicted molar refractivity (Wildman–Crippen MR) is 216 cm³/mol. The molecule has 0 aliphatic heterocycles. The van der Waals surface area contributed by atoms with Crippen LogP contribution in [0.25, 0.3) is 0 Å². The van der Waals surface area contributed by atoms with E-state index in [4.69, 9.17) is 18.5 Å². The van der Waals surface area contributed by atoms with E-state index in [2.05, 4.69) is 105 Å². The van der Waals surface area contributed by atoms with E-state index in [1.54, 1.807) is 13.0 Å². The molecule has 0 aromatic heterocycles. The summed E-state index contributed by atoms with van der Waals surface area (Å²) in [6, 6.07) is 0. The molecule has 0 fully saturated rings. The topological polar surface area (TPSA) is 108 Å². The summed E-state index contributed by atoms with van der Waals surface area (Å²) in [5.74, 6) is -0.988. The van der Waals surface area contributed by atoms with Gasteiger partial charge in [-0.2, -0.15) is 0 Å². The zero-order valence-corrected chi connectivity index (χ0v) is 33.1. The SMILES string of the molecule is CC/C=C\C/C=C\C/C=C\C/C=C\C/C=C\CC(=O)OC(COC(=O)CCCCCC/C=C\C/C=C\C/C=C\C/C=C\CC)COP(=O)(O)OCC. The molecule has 1 N–H and O–H groups in total. The van der Waals surface area contributed by atoms with Crippen LogP contribution >= 0.6 is 7.82 Å². The van der Waals surface area contributed by atoms with E-state index in [0.29, 0.717) is 12.8 Å². The summed E-state index contributed by atoms with van der Waals surface area (Å²) >= 11 is 0. The highest BCUT2D eigenvalue weighted by Crippen LogP contribution is 2.43. The minimum atomic E-state index is -4.32. The van der Waals surface area contributed by atoms with E-state index in [9.17, 15) is 19.0 Å². The number of carbonyl (C=O) groups excluding carboxylic acids is 2. The largest absolute Gasteiger partial charge is 0.472 e. The van der Waals surface area contributed by atoms with E-state index in [-0.39, 0.29) is 26.1 Å². The van der Waals surface area contributed by atoms with Gasteiger partial charge in [-0.3, -0.25) is 18.6 Å². The molecule has 2 unspecified atom stereocenters. The molecule has 0 saturated heterocycles. The van der Waals surface area contributed by atoms with Crippen LogP contribution in [0.1, 0.15) is 124 Å². The molecule has 0 aliphatic carbocycles. The Balaban J connectivity index is 4.35. The maximum atomic E-state index is 12.4. The zero-order valence-electron chi connectivity index (χ0n) is 32.2. The van der Waals surface area contributed by atoms with Crippen molar-refractivity contribution in [2.75, 3.05) is 19.8 Å². The molecule has 0 amide bonds. The van der Waals surface area contributed by atoms with Crippen LogP contribution in [-0.4, -0.2) is 42.8 Å². The minimum absolute atomic E-state index is 0.00112. The van der Waals surface area contributed by atoms with Crippen molar-refractivity contribution in [2.45, 2.75) is 130 Å². The summed E-state index contributed by atoms with van der Waals surface area (Å²) in [7, 11) is -4.32. The smallest absolute Gasteiger partial charge is 0.462 e. The fraction of sp³-hybridized carbons (Fsp3) is 0.535. The lowest BCUT2D eigenvalue weighted by atomic mass is 10.1. The summed E-state index contributed by atoms with van der Waals surface area (Å²) in [6.45, 7) is 5.06. The molecule has 292 valence electrons. The van der Waals surface area contributed by atoms with Crippen LogP contribution in [0.5, 0.6) is 0 Å². The van der Waals surface area contributed by atoms with E-state index in [1.165, 1.54) is 0 Å². The highest BCUT2D eigenvalue weighted by atomic mass is 31.2. The van der Waals surface area contributed by atoms with Crippen LogP contribution in [0, 0.1) is 0 Å². The molecule has 0 radical (unpaired) electrons. The average Bonchev–Trinajstić information content (AvgIpc) is 3.12. The first-order chi connectivity index (χ1) is 25.3. The van der Waals surface area contributed by atoms with Crippen molar-refractivity contribution < 1.29 is 37.6 Å². The zero-order chi connectivity index (χ0) is 38.2. The number of hydrogen-bond acceptors (Lipinski definition) is 7. The van der Waals surface area contributed by atoms with Gasteiger partial charge in [-0.05, 0) is 84.0 Å². The molecule has 0 aliphatic rings. The van der Waals surface area contributed by atoms with E-state index < -0.39 is 32.5 Å². The summed E-state index contributed by atoms with van der Waals surface area (Å²) < 4.78 is 32.4. The Labute approximate surface area is 315 Å². The van der Waals surface area contributed by atoms with Crippen LogP contribution in [0.2, 0.25) is 0 Å². The number of allylic oxidation sites excluding steroid dienone is 17. The van der Waals surface area contributed by atoms with Crippen molar-refractivity contribution in [1.29, 1.82) is 0 Å². The third kappa shape index (κ3) is 36.5. The number of ether oxygens (including phenoxy) is 2. The molecule has 9 heteroatoms. The van der Waals surface area contributed by atoms with Crippen molar-refractivity contribution >= 4 is 19.8 Å². The van der Waals surface area contributed by atoms with Gasteiger partial charge >= 0.3 is 19.8 Å². The molecule has 0 heterocycles. The van der Waals surface area contributed by atoms with Crippen molar-refractivity contribution in [3.05, 3.63) is 109 Å². The van der Waals surface area contributed by atoms with Gasteiger partial charge in [-0.15, -0.1) is 0 Å². The van der Waals surface area contributed by atoms with Gasteiger partial charge in [0.1, 0.15) is 6.61 Å². The van der Waals surface area contributed by atoms with Gasteiger partial charge in [0.15, 0.2) is 6.10 Å². The fourth-order valence-corrected chi connectivity index (χ4v) is 5.15. The van der Waals surface area contributed by atoms with E-state index in [1.807, 2.05) is 12.2 Å². The molecule has 0 spiro atoms. The Bertz CT molecular complexity index is 1210. The molecule has 2 atom stereocenters. The van der Waals surface area contributed by atoms with Crippen LogP contribution in [0.4, 0.5) is 0 Å². The third-order valence-electron chi connectivity index (χ3n) is 7.11. The van der Waals surface area contributed by atoms with Crippen LogP contribution in [0.15, 0.2) is 109 Å². The van der Waals surface area contributed by atoms with Gasteiger partial charge in [0.25, 0.3) is 0 Å². The Hall–Kier alpha value is -3.29. The van der Waals surface area contributed by atoms with Crippen molar-refractivity contribution in [3.8, 4) is 0 Å². The van der Waals surface area contributed by atoms with E-state index >= 15 is 0 Å². The number of hydrogen-bond donors (Lipinski definition) is 1. The quantitative estimate of drug-likeness (QED) is 0.0306. The lowest BCUT2D eigenvalue weighted by Gasteiger charge is -2.19. The Morgan fingerprint density at radius 2 is 0.981 bits per heavy atom. The van der Waals surface area contributed by atoms with Gasteiger partial charge in [0, 0.05) is 6.42 Å². The fourth-order valence-electron chi connectivity index (χ4n) is 4.40. The molecule has 0 bridgehead atoms. The van der Waals surface area contributed by atoms with Crippen LogP contribution < -0.4 is 0 Å². The molecule has 0 saturated carbocycles. The molecular weight excluding hydrogens is 675 g/mol. The standard InChI is InChI=1S/C43H67O8P/c1-4-7-9-11-13-15-17-19-21-22-24-25-27-29-31-33-35-37-42(44)48-39-41(40-50-52(46,47)49-6-3)51-43(45)38-36-34-32-30-28-26-23-20-18-16-14-12-10-8-5-2/h7-10,13-16,19-21,23-25,28,30,34,36,41H,4-6,11-12,17-18,22,26-27,29,31-33,35,37-40H2,1-3H3,(H,46,47)/b9-7-,10-8-,15-13-,16-14-,21-19-,23-20-,25-24-,30-28-,36-34-. The normalized spacial score (nSPS) is 14.6. The maximum absolute atomic E-state index is 12.4. The van der Waals surface area contributed by atoms with Gasteiger partial charge in [-0.1, -0.05) is 136 Å². The summed E-state index contributed by atoms with van der Waals surface area (Å²) in [6.07, 6.45) is 50.3. The summed E-state index contributed by atoms with van der Waals surface area (Å²) in [5, 5.41) is 0. The van der Waals surface area contributed by atoms with Gasteiger partial charge < -0.3 is 14.4 Å². The number of carbonyl (C=O) groups is 2. The first-order valence-electron chi connectivity index (χ1n) is 19.2. The number of unbranched alkanes of at least 4 members (excludes halogenated alkanes) is 4. The average molecular weight is 743 g/mol. The first kappa shape index (κ1) is 48.7. The molecule has 0 aromatic rings. The first-order valence-corrected chi connectivity index (χ1v) is 20.7. The molecule has 0 aromatic carbocycles.